The molecule has 2 aliphatic heterocycles. The van der Waals surface area contributed by atoms with Crippen molar-refractivity contribution in [2.75, 3.05) is 37.7 Å². The number of nitrogens with one attached hydrogen (secondary N) is 1. The fourth-order valence-electron chi connectivity index (χ4n) is 4.32. The zero-order valence-corrected chi connectivity index (χ0v) is 15.9. The van der Waals surface area contributed by atoms with E-state index in [0.717, 1.165) is 64.4 Å². The molecule has 3 heterocycles. The van der Waals surface area contributed by atoms with Crippen LogP contribution in [0.15, 0.2) is 24.3 Å². The number of aromatic nitrogens is 4. The molecule has 2 atom stereocenters. The van der Waals surface area contributed by atoms with E-state index in [-0.39, 0.29) is 18.0 Å². The maximum absolute atomic E-state index is 14.1. The highest BCUT2D eigenvalue weighted by Crippen LogP contribution is 2.20. The number of rotatable bonds is 6. The molecular formula is C19H28FN6O+. The van der Waals surface area contributed by atoms with Gasteiger partial charge in [-0.15, -0.1) is 5.10 Å². The van der Waals surface area contributed by atoms with Gasteiger partial charge in [-0.3, -0.25) is 0 Å². The maximum atomic E-state index is 14.1. The second-order valence-corrected chi connectivity index (χ2v) is 7.41. The SMILES string of the molecule is CC[C@H](c1nnnn1C[C@H]1CCCO1)[NH+]1CCN(c2ccccc2F)CC1. The van der Waals surface area contributed by atoms with Crippen LogP contribution in [0, 0.1) is 5.82 Å². The zero-order valence-electron chi connectivity index (χ0n) is 15.9. The molecule has 0 aliphatic carbocycles. The molecule has 0 spiro atoms. The van der Waals surface area contributed by atoms with Crippen LogP contribution in [0.1, 0.15) is 38.1 Å². The van der Waals surface area contributed by atoms with E-state index in [2.05, 4.69) is 27.3 Å². The number of tetrazole rings is 1. The summed E-state index contributed by atoms with van der Waals surface area (Å²) < 4.78 is 21.8. The highest BCUT2D eigenvalue weighted by Gasteiger charge is 2.32. The highest BCUT2D eigenvalue weighted by atomic mass is 19.1. The third kappa shape index (κ3) is 3.96. The Labute approximate surface area is 159 Å². The Bertz CT molecular complexity index is 739. The standard InChI is InChI=1S/C19H27FN6O/c1-2-17(19-21-22-23-26(19)14-15-6-5-13-27-15)24-9-11-25(12-10-24)18-8-4-3-7-16(18)20/h3-4,7-8,15,17H,2,5-6,9-14H2,1H3/p+1/t15-,17-/m1/s1. The summed E-state index contributed by atoms with van der Waals surface area (Å²) in [4.78, 5) is 3.61. The molecule has 0 bridgehead atoms. The van der Waals surface area contributed by atoms with Gasteiger partial charge in [0.2, 0.25) is 5.82 Å². The second-order valence-electron chi connectivity index (χ2n) is 7.41. The van der Waals surface area contributed by atoms with Gasteiger partial charge in [-0.05, 0) is 35.4 Å². The van der Waals surface area contributed by atoms with E-state index in [0.29, 0.717) is 5.69 Å². The number of hydrogen-bond donors (Lipinski definition) is 1. The van der Waals surface area contributed by atoms with Gasteiger partial charge in [-0.25, -0.2) is 9.07 Å². The van der Waals surface area contributed by atoms with Gasteiger partial charge in [-0.2, -0.15) is 0 Å². The van der Waals surface area contributed by atoms with Gasteiger partial charge in [0, 0.05) is 13.0 Å². The molecule has 1 aromatic heterocycles. The molecule has 146 valence electrons. The van der Waals surface area contributed by atoms with Gasteiger partial charge in [-0.1, -0.05) is 19.1 Å². The number of anilines is 1. The van der Waals surface area contributed by atoms with Gasteiger partial charge in [0.25, 0.3) is 0 Å². The first-order valence-electron chi connectivity index (χ1n) is 9.98. The predicted molar refractivity (Wildman–Crippen MR) is 99.1 cm³/mol. The molecule has 7 nitrogen and oxygen atoms in total. The smallest absolute Gasteiger partial charge is 0.209 e. The molecule has 0 unspecified atom stereocenters. The van der Waals surface area contributed by atoms with E-state index in [1.54, 1.807) is 6.07 Å². The van der Waals surface area contributed by atoms with E-state index < -0.39 is 0 Å². The van der Waals surface area contributed by atoms with Crippen LogP contribution in [0.5, 0.6) is 0 Å². The van der Waals surface area contributed by atoms with Gasteiger partial charge in [0.05, 0.1) is 44.5 Å². The number of quaternary nitrogens is 1. The monoisotopic (exact) mass is 375 g/mol. The van der Waals surface area contributed by atoms with Crippen molar-refractivity contribution >= 4 is 5.69 Å². The van der Waals surface area contributed by atoms with Crippen LogP contribution in [0.3, 0.4) is 0 Å². The van der Waals surface area contributed by atoms with E-state index in [4.69, 9.17) is 4.74 Å². The first kappa shape index (κ1) is 18.3. The topological polar surface area (TPSA) is 60.5 Å². The van der Waals surface area contributed by atoms with E-state index in [1.165, 1.54) is 11.0 Å². The Morgan fingerprint density at radius 1 is 1.30 bits per heavy atom. The average Bonchev–Trinajstić information content (AvgIpc) is 3.37. The Morgan fingerprint density at radius 2 is 2.11 bits per heavy atom. The quantitative estimate of drug-likeness (QED) is 0.811. The summed E-state index contributed by atoms with van der Waals surface area (Å²) in [6.07, 6.45) is 3.38. The Morgan fingerprint density at radius 3 is 2.81 bits per heavy atom. The third-order valence-electron chi connectivity index (χ3n) is 5.77. The van der Waals surface area contributed by atoms with Crippen molar-refractivity contribution in [2.24, 2.45) is 0 Å². The number of benzene rings is 1. The minimum absolute atomic E-state index is 0.145. The van der Waals surface area contributed by atoms with Crippen LogP contribution in [0.4, 0.5) is 10.1 Å². The predicted octanol–water partition coefficient (Wildman–Crippen LogP) is 0.847. The zero-order chi connectivity index (χ0) is 18.6. The molecule has 0 amide bonds. The second kappa shape index (κ2) is 8.31. The first-order valence-corrected chi connectivity index (χ1v) is 9.98. The normalized spacial score (nSPS) is 22.3. The number of nitrogens with zero attached hydrogens (tertiary/aromatic N) is 5. The lowest BCUT2D eigenvalue weighted by Gasteiger charge is -2.37. The fraction of sp³-hybridized carbons (Fsp3) is 0.632. The summed E-state index contributed by atoms with van der Waals surface area (Å²) in [5.74, 6) is 0.802. The molecule has 4 rings (SSSR count). The lowest BCUT2D eigenvalue weighted by molar-refractivity contribution is -0.933. The molecule has 1 N–H and O–H groups in total. The molecule has 27 heavy (non-hydrogen) atoms. The van der Waals surface area contributed by atoms with Crippen LogP contribution in [0.25, 0.3) is 0 Å². The summed E-state index contributed by atoms with van der Waals surface area (Å²) in [5, 5.41) is 12.5. The molecule has 2 aromatic rings. The van der Waals surface area contributed by atoms with Gasteiger partial charge < -0.3 is 14.5 Å². The van der Waals surface area contributed by atoms with Crippen molar-refractivity contribution < 1.29 is 14.0 Å². The third-order valence-corrected chi connectivity index (χ3v) is 5.77. The van der Waals surface area contributed by atoms with Gasteiger partial charge >= 0.3 is 0 Å². The first-order chi connectivity index (χ1) is 13.3. The number of ether oxygens (including phenoxy) is 1. The fourth-order valence-corrected chi connectivity index (χ4v) is 4.32. The number of para-hydroxylation sites is 1. The van der Waals surface area contributed by atoms with Crippen molar-refractivity contribution in [3.63, 3.8) is 0 Å². The molecule has 2 fully saturated rings. The Balaban J connectivity index is 1.42. The largest absolute Gasteiger partial charge is 0.376 e. The van der Waals surface area contributed by atoms with Crippen molar-refractivity contribution in [3.8, 4) is 0 Å². The van der Waals surface area contributed by atoms with Crippen LogP contribution in [-0.4, -0.2) is 59.1 Å². The Kier molecular flexibility index (Phi) is 5.63. The highest BCUT2D eigenvalue weighted by molar-refractivity contribution is 5.47. The summed E-state index contributed by atoms with van der Waals surface area (Å²) in [6, 6.07) is 7.28. The lowest BCUT2D eigenvalue weighted by Crippen LogP contribution is -3.15. The van der Waals surface area contributed by atoms with Crippen LogP contribution < -0.4 is 9.80 Å². The van der Waals surface area contributed by atoms with E-state index in [9.17, 15) is 4.39 Å². The molecule has 1 aromatic carbocycles. The van der Waals surface area contributed by atoms with Crippen LogP contribution >= 0.6 is 0 Å². The van der Waals surface area contributed by atoms with Gasteiger partial charge in [0.15, 0.2) is 0 Å². The number of hydrogen-bond acceptors (Lipinski definition) is 5. The van der Waals surface area contributed by atoms with Crippen molar-refractivity contribution in [2.45, 2.75) is 44.9 Å². The van der Waals surface area contributed by atoms with E-state index in [1.807, 2.05) is 16.8 Å². The lowest BCUT2D eigenvalue weighted by atomic mass is 10.1. The van der Waals surface area contributed by atoms with Crippen LogP contribution in [0.2, 0.25) is 0 Å². The molecule has 8 heteroatoms. The van der Waals surface area contributed by atoms with Crippen molar-refractivity contribution in [1.29, 1.82) is 0 Å². The van der Waals surface area contributed by atoms with Gasteiger partial charge in [0.1, 0.15) is 11.9 Å². The Hall–Kier alpha value is -2.06. The molecule has 2 saturated heterocycles. The van der Waals surface area contributed by atoms with Crippen molar-refractivity contribution in [3.05, 3.63) is 35.9 Å². The number of halogens is 1. The maximum Gasteiger partial charge on any atom is 0.209 e. The van der Waals surface area contributed by atoms with Crippen molar-refractivity contribution in [1.82, 2.24) is 20.2 Å². The summed E-state index contributed by atoms with van der Waals surface area (Å²) in [6.45, 7) is 7.31. The summed E-state index contributed by atoms with van der Waals surface area (Å²) >= 11 is 0. The minimum atomic E-state index is -0.145. The average molecular weight is 375 g/mol. The molecule has 0 saturated carbocycles. The van der Waals surface area contributed by atoms with E-state index >= 15 is 0 Å². The van der Waals surface area contributed by atoms with Crippen LogP contribution in [-0.2, 0) is 11.3 Å². The summed E-state index contributed by atoms with van der Waals surface area (Å²) in [5.41, 5.74) is 0.702. The number of piperazine rings is 1. The summed E-state index contributed by atoms with van der Waals surface area (Å²) in [7, 11) is 0. The molecule has 2 aliphatic rings. The molecular weight excluding hydrogens is 347 g/mol. The molecule has 0 radical (unpaired) electrons. The minimum Gasteiger partial charge on any atom is -0.376 e.